The van der Waals surface area contributed by atoms with E-state index in [4.69, 9.17) is 11.6 Å². The van der Waals surface area contributed by atoms with Gasteiger partial charge in [-0.05, 0) is 49.6 Å². The van der Waals surface area contributed by atoms with Crippen LogP contribution in [0.3, 0.4) is 0 Å². The number of nitrogens with one attached hydrogen (secondary N) is 2. The summed E-state index contributed by atoms with van der Waals surface area (Å²) in [5.74, 6) is -1.76. The van der Waals surface area contributed by atoms with Crippen molar-refractivity contribution < 1.29 is 25.6 Å². The van der Waals surface area contributed by atoms with Gasteiger partial charge in [-0.15, -0.1) is 0 Å². The molecule has 1 aromatic carbocycles. The molecule has 11 nitrogen and oxygen atoms in total. The van der Waals surface area contributed by atoms with Crippen molar-refractivity contribution in [3.63, 3.8) is 0 Å². The van der Waals surface area contributed by atoms with Crippen molar-refractivity contribution >= 4 is 54.2 Å². The number of hydrogen-bond acceptors (Lipinski definition) is 9. The lowest BCUT2D eigenvalue weighted by Gasteiger charge is -2.17. The van der Waals surface area contributed by atoms with Gasteiger partial charge in [0.15, 0.2) is 11.0 Å². The lowest BCUT2D eigenvalue weighted by atomic mass is 10.1. The first-order valence-corrected chi connectivity index (χ1v) is 15.9. The standard InChI is InChI=1S/C25H22ClF2N7O4S2/c26-24-21(34-40(36,37)22-6-1-15(27)10-18(22)28)9-14(11-29-24)19-4-5-20-23(33-19)25(31-13-30-20)32-16-7-8-35(12-16)41(38,39)17-2-3-17/h1,4-6,9-11,13,16-17,34H,2-3,7-8,12H2,(H,30,31,32)/t16-/m0/s1. The van der Waals surface area contributed by atoms with Crippen molar-refractivity contribution in [1.82, 2.24) is 24.2 Å². The molecule has 1 aliphatic heterocycles. The van der Waals surface area contributed by atoms with Gasteiger partial charge in [-0.1, -0.05) is 11.6 Å². The molecule has 1 saturated carbocycles. The molecular formula is C25H22ClF2N7O4S2. The lowest BCUT2D eigenvalue weighted by molar-refractivity contribution is 0.473. The first-order valence-electron chi connectivity index (χ1n) is 12.5. The first kappa shape index (κ1) is 27.6. The van der Waals surface area contributed by atoms with E-state index in [2.05, 4.69) is 30.0 Å². The average molecular weight is 622 g/mol. The molecule has 0 unspecified atom stereocenters. The number of rotatable bonds is 8. The Bertz CT molecular complexity index is 1890. The maximum absolute atomic E-state index is 14.2. The number of pyridine rings is 2. The summed E-state index contributed by atoms with van der Waals surface area (Å²) in [5.41, 5.74) is 1.57. The lowest BCUT2D eigenvalue weighted by Crippen LogP contribution is -2.34. The van der Waals surface area contributed by atoms with Crippen LogP contribution in [0.5, 0.6) is 0 Å². The van der Waals surface area contributed by atoms with E-state index in [-0.39, 0.29) is 22.1 Å². The molecule has 2 aliphatic rings. The molecule has 214 valence electrons. The fraction of sp³-hybridized carbons (Fsp3) is 0.280. The molecule has 0 radical (unpaired) electrons. The van der Waals surface area contributed by atoms with E-state index in [0.29, 0.717) is 66.5 Å². The van der Waals surface area contributed by atoms with E-state index < -0.39 is 36.6 Å². The van der Waals surface area contributed by atoms with Gasteiger partial charge in [0.1, 0.15) is 28.4 Å². The van der Waals surface area contributed by atoms with Gasteiger partial charge in [0, 0.05) is 37.0 Å². The van der Waals surface area contributed by atoms with E-state index in [1.54, 1.807) is 12.1 Å². The Morgan fingerprint density at radius 1 is 0.976 bits per heavy atom. The summed E-state index contributed by atoms with van der Waals surface area (Å²) in [6.45, 7) is 0.748. The highest BCUT2D eigenvalue weighted by molar-refractivity contribution is 7.92. The molecule has 6 rings (SSSR count). The Hall–Kier alpha value is -3.53. The van der Waals surface area contributed by atoms with Crippen LogP contribution >= 0.6 is 11.6 Å². The van der Waals surface area contributed by atoms with Crippen LogP contribution in [-0.2, 0) is 20.0 Å². The van der Waals surface area contributed by atoms with Crippen molar-refractivity contribution in [2.24, 2.45) is 0 Å². The van der Waals surface area contributed by atoms with Gasteiger partial charge < -0.3 is 5.32 Å². The summed E-state index contributed by atoms with van der Waals surface area (Å²) in [6.07, 6.45) is 4.78. The normalized spacial score (nSPS) is 18.1. The van der Waals surface area contributed by atoms with Crippen molar-refractivity contribution in [1.29, 1.82) is 0 Å². The number of nitrogens with zero attached hydrogens (tertiary/aromatic N) is 5. The summed E-state index contributed by atoms with van der Waals surface area (Å²) in [7, 11) is -7.74. The number of anilines is 2. The van der Waals surface area contributed by atoms with E-state index in [0.717, 1.165) is 12.1 Å². The quantitative estimate of drug-likeness (QED) is 0.280. The van der Waals surface area contributed by atoms with Gasteiger partial charge in [0.2, 0.25) is 10.0 Å². The molecule has 2 fully saturated rings. The highest BCUT2D eigenvalue weighted by Gasteiger charge is 2.42. The number of benzene rings is 1. The summed E-state index contributed by atoms with van der Waals surface area (Å²) in [5, 5.41) is 2.82. The second-order valence-corrected chi connectivity index (χ2v) is 14.0. The van der Waals surface area contributed by atoms with Gasteiger partial charge in [0.25, 0.3) is 10.0 Å². The van der Waals surface area contributed by atoms with Gasteiger partial charge >= 0.3 is 0 Å². The van der Waals surface area contributed by atoms with Crippen molar-refractivity contribution in [2.75, 3.05) is 23.1 Å². The number of halogens is 3. The van der Waals surface area contributed by atoms with E-state index >= 15 is 0 Å². The maximum atomic E-state index is 14.2. The van der Waals surface area contributed by atoms with Crippen molar-refractivity contribution in [2.45, 2.75) is 35.4 Å². The van der Waals surface area contributed by atoms with Crippen LogP contribution in [0.4, 0.5) is 20.3 Å². The average Bonchev–Trinajstić information content (AvgIpc) is 3.69. The second kappa shape index (κ2) is 10.4. The summed E-state index contributed by atoms with van der Waals surface area (Å²) in [4.78, 5) is 16.5. The molecule has 1 aliphatic carbocycles. The minimum atomic E-state index is -4.47. The van der Waals surface area contributed by atoms with E-state index in [1.807, 2.05) is 0 Å². The van der Waals surface area contributed by atoms with Gasteiger partial charge in [-0.3, -0.25) is 4.72 Å². The molecule has 2 N–H and O–H groups in total. The van der Waals surface area contributed by atoms with Gasteiger partial charge in [-0.2, -0.15) is 4.31 Å². The fourth-order valence-electron chi connectivity index (χ4n) is 4.61. The molecule has 0 amide bonds. The SMILES string of the molecule is O=S(=O)(Nc1cc(-c2ccc3ncnc(N[C@H]4CCN(S(=O)(=O)C5CC5)C4)c3n2)cnc1Cl)c1ccc(F)cc1F. The number of fused-ring (bicyclic) bond motifs is 1. The molecule has 4 heterocycles. The summed E-state index contributed by atoms with van der Waals surface area (Å²) < 4.78 is 82.0. The minimum absolute atomic E-state index is 0.139. The topological polar surface area (TPSA) is 147 Å². The summed E-state index contributed by atoms with van der Waals surface area (Å²) in [6, 6.07) is 6.68. The fourth-order valence-corrected chi connectivity index (χ4v) is 7.83. The van der Waals surface area contributed by atoms with Gasteiger partial charge in [-0.25, -0.2) is 45.6 Å². The van der Waals surface area contributed by atoms with Crippen LogP contribution in [0.2, 0.25) is 5.15 Å². The molecule has 1 saturated heterocycles. The zero-order valence-corrected chi connectivity index (χ0v) is 23.5. The Labute approximate surface area is 239 Å². The van der Waals surface area contributed by atoms with Crippen molar-refractivity contribution in [3.05, 3.63) is 65.7 Å². The molecule has 1 atom stereocenters. The molecule has 0 bridgehead atoms. The zero-order chi connectivity index (χ0) is 28.9. The molecular weight excluding hydrogens is 600 g/mol. The highest BCUT2D eigenvalue weighted by Crippen LogP contribution is 2.34. The minimum Gasteiger partial charge on any atom is -0.364 e. The Morgan fingerprint density at radius 3 is 2.54 bits per heavy atom. The predicted molar refractivity (Wildman–Crippen MR) is 148 cm³/mol. The Balaban J connectivity index is 1.27. The molecule has 16 heteroatoms. The number of aromatic nitrogens is 4. The highest BCUT2D eigenvalue weighted by atomic mass is 35.5. The van der Waals surface area contributed by atoms with Gasteiger partial charge in [0.05, 0.1) is 22.1 Å². The van der Waals surface area contributed by atoms with Crippen LogP contribution in [0.1, 0.15) is 19.3 Å². The third-order valence-electron chi connectivity index (χ3n) is 6.84. The maximum Gasteiger partial charge on any atom is 0.264 e. The zero-order valence-electron chi connectivity index (χ0n) is 21.1. The van der Waals surface area contributed by atoms with Crippen LogP contribution in [-0.4, -0.2) is 65.5 Å². The van der Waals surface area contributed by atoms with E-state index in [1.165, 1.54) is 22.9 Å². The molecule has 3 aromatic heterocycles. The third kappa shape index (κ3) is 5.54. The Morgan fingerprint density at radius 2 is 1.78 bits per heavy atom. The summed E-state index contributed by atoms with van der Waals surface area (Å²) >= 11 is 6.14. The smallest absolute Gasteiger partial charge is 0.264 e. The number of hydrogen-bond donors (Lipinski definition) is 2. The van der Waals surface area contributed by atoms with Crippen LogP contribution < -0.4 is 10.0 Å². The first-order chi connectivity index (χ1) is 19.5. The molecule has 0 spiro atoms. The number of sulfonamides is 2. The third-order valence-corrected chi connectivity index (χ3v) is 10.9. The monoisotopic (exact) mass is 621 g/mol. The Kier molecular flexibility index (Phi) is 7.00. The largest absolute Gasteiger partial charge is 0.364 e. The molecule has 4 aromatic rings. The van der Waals surface area contributed by atoms with Crippen LogP contribution in [0.25, 0.3) is 22.3 Å². The van der Waals surface area contributed by atoms with Crippen molar-refractivity contribution in [3.8, 4) is 11.3 Å². The predicted octanol–water partition coefficient (Wildman–Crippen LogP) is 3.80. The van der Waals surface area contributed by atoms with Crippen LogP contribution in [0.15, 0.2) is 53.8 Å². The molecule has 41 heavy (non-hydrogen) atoms. The van der Waals surface area contributed by atoms with E-state index in [9.17, 15) is 25.6 Å². The second-order valence-electron chi connectivity index (χ2n) is 9.76. The van der Waals surface area contributed by atoms with Crippen LogP contribution in [0, 0.1) is 11.6 Å².